The molecule has 1 heterocycles. The number of benzene rings is 4. The lowest BCUT2D eigenvalue weighted by molar-refractivity contribution is 0.0287. The maximum atomic E-state index is 6.76. The van der Waals surface area contributed by atoms with Gasteiger partial charge in [0, 0.05) is 12.8 Å². The van der Waals surface area contributed by atoms with E-state index in [0.29, 0.717) is 24.7 Å². The van der Waals surface area contributed by atoms with Crippen molar-refractivity contribution in [1.82, 2.24) is 0 Å². The van der Waals surface area contributed by atoms with E-state index in [-0.39, 0.29) is 24.0 Å². The molecular weight excluding hydrogens is 592 g/mol. The highest BCUT2D eigenvalue weighted by atomic mass is 16.5. The van der Waals surface area contributed by atoms with Crippen LogP contribution in [0, 0.1) is 25.7 Å². The van der Waals surface area contributed by atoms with Crippen LogP contribution in [0.15, 0.2) is 72.8 Å². The molecule has 0 radical (unpaired) electrons. The third-order valence-electron chi connectivity index (χ3n) is 9.33. The van der Waals surface area contributed by atoms with Crippen LogP contribution >= 0.6 is 0 Å². The first-order valence-electron chi connectivity index (χ1n) is 16.3. The van der Waals surface area contributed by atoms with Gasteiger partial charge in [-0.3, -0.25) is 0 Å². The van der Waals surface area contributed by atoms with Crippen molar-refractivity contribution in [2.24, 2.45) is 11.8 Å². The highest BCUT2D eigenvalue weighted by molar-refractivity contribution is 5.46. The fourth-order valence-electron chi connectivity index (χ4n) is 6.43. The minimum absolute atomic E-state index is 0.0879. The molecule has 4 aromatic carbocycles. The standard InChI is InChI=1S/C40H48O7/c1-25-21-29(9-13-33(25)41-5)17-19-45-35-15-11-31(23-37(35)43-7)39-27(3)28(4)40(47-39)32-12-16-36(38(24-32)44-8)46-20-18-30-10-14-34(42-6)26(2)22-30/h9-16,21-24,27-28,39-40H,17-20H2,1-8H3/t27-,28-,39+,40?/m1/s1. The number of hydrogen-bond donors (Lipinski definition) is 0. The van der Waals surface area contributed by atoms with Crippen LogP contribution in [0.2, 0.25) is 0 Å². The Hall–Kier alpha value is -4.36. The lowest BCUT2D eigenvalue weighted by Crippen LogP contribution is -2.10. The Kier molecular flexibility index (Phi) is 11.2. The summed E-state index contributed by atoms with van der Waals surface area (Å²) in [6.45, 7) is 9.68. The Morgan fingerprint density at radius 1 is 0.489 bits per heavy atom. The zero-order valence-electron chi connectivity index (χ0n) is 28.9. The number of rotatable bonds is 14. The molecule has 0 bridgehead atoms. The first kappa shape index (κ1) is 34.0. The Labute approximate surface area is 279 Å². The Bertz CT molecular complexity index is 1530. The molecule has 0 saturated carbocycles. The van der Waals surface area contributed by atoms with Crippen LogP contribution in [0.25, 0.3) is 0 Å². The Morgan fingerprint density at radius 2 is 0.872 bits per heavy atom. The summed E-state index contributed by atoms with van der Waals surface area (Å²) < 4.78 is 41.4. The summed E-state index contributed by atoms with van der Waals surface area (Å²) in [5, 5.41) is 0. The molecule has 7 heteroatoms. The summed E-state index contributed by atoms with van der Waals surface area (Å²) >= 11 is 0. The molecule has 0 aromatic heterocycles. The van der Waals surface area contributed by atoms with Crippen molar-refractivity contribution in [2.75, 3.05) is 41.7 Å². The predicted octanol–water partition coefficient (Wildman–Crippen LogP) is 8.67. The van der Waals surface area contributed by atoms with Crippen LogP contribution in [0.1, 0.15) is 59.4 Å². The minimum atomic E-state index is -0.0879. The SMILES string of the molecule is COc1ccc(CCOc2ccc(C3O[C@H](c4ccc(OCCc5ccc(OC)c(C)c5)c(OC)c4)[C@H](C)[C@H]3C)cc2OC)cc1C. The predicted molar refractivity (Wildman–Crippen MR) is 185 cm³/mol. The molecule has 0 amide bonds. The quantitative estimate of drug-likeness (QED) is 0.137. The van der Waals surface area contributed by atoms with Crippen molar-refractivity contribution in [3.63, 3.8) is 0 Å². The summed E-state index contributed by atoms with van der Waals surface area (Å²) in [6.07, 6.45) is 1.39. The van der Waals surface area contributed by atoms with Crippen LogP contribution in [-0.4, -0.2) is 41.7 Å². The monoisotopic (exact) mass is 640 g/mol. The zero-order chi connectivity index (χ0) is 33.5. The van der Waals surface area contributed by atoms with Gasteiger partial charge in [0.25, 0.3) is 0 Å². The van der Waals surface area contributed by atoms with E-state index in [4.69, 9.17) is 33.2 Å². The molecule has 7 nitrogen and oxygen atoms in total. The van der Waals surface area contributed by atoms with E-state index in [1.165, 1.54) is 11.1 Å². The molecule has 4 aromatic rings. The normalized spacial score (nSPS) is 18.9. The molecule has 250 valence electrons. The van der Waals surface area contributed by atoms with Gasteiger partial charge in [0.1, 0.15) is 11.5 Å². The molecule has 1 fully saturated rings. The minimum Gasteiger partial charge on any atom is -0.496 e. The van der Waals surface area contributed by atoms with Gasteiger partial charge in [-0.2, -0.15) is 0 Å². The molecule has 0 aliphatic carbocycles. The average molecular weight is 641 g/mol. The molecule has 1 aliphatic heterocycles. The van der Waals surface area contributed by atoms with Crippen LogP contribution in [0.4, 0.5) is 0 Å². The van der Waals surface area contributed by atoms with Gasteiger partial charge in [0.05, 0.1) is 53.9 Å². The van der Waals surface area contributed by atoms with Gasteiger partial charge >= 0.3 is 0 Å². The zero-order valence-corrected chi connectivity index (χ0v) is 28.9. The first-order chi connectivity index (χ1) is 22.8. The maximum absolute atomic E-state index is 6.76. The van der Waals surface area contributed by atoms with Crippen molar-refractivity contribution < 1.29 is 33.2 Å². The average Bonchev–Trinajstić information content (AvgIpc) is 3.38. The van der Waals surface area contributed by atoms with Gasteiger partial charge in [0.2, 0.25) is 0 Å². The summed E-state index contributed by atoms with van der Waals surface area (Å²) in [6, 6.07) is 24.7. The third-order valence-corrected chi connectivity index (χ3v) is 9.33. The summed E-state index contributed by atoms with van der Waals surface area (Å²) in [5.74, 6) is 5.20. The topological polar surface area (TPSA) is 64.6 Å². The van der Waals surface area contributed by atoms with Crippen molar-refractivity contribution in [3.05, 3.63) is 106 Å². The van der Waals surface area contributed by atoms with Gasteiger partial charge in [0.15, 0.2) is 23.0 Å². The molecule has 1 saturated heterocycles. The van der Waals surface area contributed by atoms with Gasteiger partial charge in [-0.15, -0.1) is 0 Å². The van der Waals surface area contributed by atoms with E-state index in [0.717, 1.165) is 58.1 Å². The Morgan fingerprint density at radius 3 is 1.23 bits per heavy atom. The fraction of sp³-hybridized carbons (Fsp3) is 0.400. The van der Waals surface area contributed by atoms with E-state index in [2.05, 4.69) is 64.1 Å². The largest absolute Gasteiger partial charge is 0.496 e. The number of hydrogen-bond acceptors (Lipinski definition) is 7. The molecule has 4 atom stereocenters. The molecular formula is C40H48O7. The molecule has 0 spiro atoms. The van der Waals surface area contributed by atoms with Gasteiger partial charge in [-0.25, -0.2) is 0 Å². The van der Waals surface area contributed by atoms with Crippen LogP contribution in [0.3, 0.4) is 0 Å². The van der Waals surface area contributed by atoms with E-state index in [9.17, 15) is 0 Å². The van der Waals surface area contributed by atoms with Crippen LogP contribution in [-0.2, 0) is 17.6 Å². The second kappa shape index (κ2) is 15.5. The summed E-state index contributed by atoms with van der Waals surface area (Å²) in [4.78, 5) is 0. The number of aryl methyl sites for hydroxylation is 2. The molecule has 1 aliphatic rings. The highest BCUT2D eigenvalue weighted by Crippen LogP contribution is 2.50. The van der Waals surface area contributed by atoms with E-state index in [1.54, 1.807) is 28.4 Å². The molecule has 1 unspecified atom stereocenters. The molecule has 47 heavy (non-hydrogen) atoms. The fourth-order valence-corrected chi connectivity index (χ4v) is 6.43. The lowest BCUT2D eigenvalue weighted by atomic mass is 9.85. The van der Waals surface area contributed by atoms with Crippen LogP contribution < -0.4 is 28.4 Å². The second-order valence-electron chi connectivity index (χ2n) is 12.3. The van der Waals surface area contributed by atoms with E-state index >= 15 is 0 Å². The van der Waals surface area contributed by atoms with E-state index < -0.39 is 0 Å². The maximum Gasteiger partial charge on any atom is 0.161 e. The van der Waals surface area contributed by atoms with Gasteiger partial charge in [-0.1, -0.05) is 50.2 Å². The Balaban J connectivity index is 1.22. The first-order valence-corrected chi connectivity index (χ1v) is 16.3. The third kappa shape index (κ3) is 7.79. The summed E-state index contributed by atoms with van der Waals surface area (Å²) in [7, 11) is 6.74. The van der Waals surface area contributed by atoms with E-state index in [1.807, 2.05) is 36.4 Å². The van der Waals surface area contributed by atoms with Crippen molar-refractivity contribution in [3.8, 4) is 34.5 Å². The van der Waals surface area contributed by atoms with Crippen molar-refractivity contribution >= 4 is 0 Å². The highest BCUT2D eigenvalue weighted by Gasteiger charge is 2.41. The molecule has 5 rings (SSSR count). The van der Waals surface area contributed by atoms with Gasteiger partial charge in [-0.05, 0) is 95.5 Å². The number of ether oxygens (including phenoxy) is 7. The van der Waals surface area contributed by atoms with Crippen molar-refractivity contribution in [1.29, 1.82) is 0 Å². The smallest absolute Gasteiger partial charge is 0.161 e. The van der Waals surface area contributed by atoms with Crippen molar-refractivity contribution in [2.45, 2.75) is 52.7 Å². The van der Waals surface area contributed by atoms with Crippen LogP contribution in [0.5, 0.6) is 34.5 Å². The summed E-state index contributed by atoms with van der Waals surface area (Å²) in [5.41, 5.74) is 6.77. The number of methoxy groups -OCH3 is 4. The van der Waals surface area contributed by atoms with Gasteiger partial charge < -0.3 is 33.2 Å². The second-order valence-corrected chi connectivity index (χ2v) is 12.3. The lowest BCUT2D eigenvalue weighted by Gasteiger charge is -2.19. The molecule has 0 N–H and O–H groups in total.